The van der Waals surface area contributed by atoms with Crippen LogP contribution in [-0.2, 0) is 16.1 Å². The molecule has 0 saturated heterocycles. The summed E-state index contributed by atoms with van der Waals surface area (Å²) in [5.74, 6) is -0.879. The van der Waals surface area contributed by atoms with Gasteiger partial charge in [0, 0.05) is 0 Å². The molecule has 0 aliphatic rings. The van der Waals surface area contributed by atoms with Crippen LogP contribution in [0.1, 0.15) is 9.67 Å². The Balaban J connectivity index is 2.17. The van der Waals surface area contributed by atoms with Gasteiger partial charge in [-0.25, -0.2) is 0 Å². The van der Waals surface area contributed by atoms with Gasteiger partial charge in [0.15, 0.2) is 4.80 Å². The first-order valence-electron chi connectivity index (χ1n) is 6.68. The minimum Gasteiger partial charge on any atom is -0.468 e. The molecule has 0 bridgehead atoms. The molecule has 2 heterocycles. The molecule has 0 aliphatic heterocycles. The van der Waals surface area contributed by atoms with Crippen LogP contribution in [0.2, 0.25) is 9.36 Å². The molecule has 0 atom stereocenters. The van der Waals surface area contributed by atoms with Gasteiger partial charge in [0.25, 0.3) is 5.91 Å². The minimum absolute atomic E-state index is 0.0858. The number of aromatic nitrogens is 1. The molecule has 0 aliphatic carbocycles. The third-order valence-corrected chi connectivity index (χ3v) is 5.72. The highest BCUT2D eigenvalue weighted by Gasteiger charge is 2.15. The Labute approximate surface area is 154 Å². The zero-order valence-electron chi connectivity index (χ0n) is 12.3. The molecule has 2 aromatic heterocycles. The third kappa shape index (κ3) is 3.39. The number of fused-ring (bicyclic) bond motifs is 1. The van der Waals surface area contributed by atoms with E-state index in [-0.39, 0.29) is 6.54 Å². The molecule has 0 radical (unpaired) electrons. The van der Waals surface area contributed by atoms with Crippen LogP contribution in [0.25, 0.3) is 10.2 Å². The normalized spacial score (nSPS) is 11.9. The summed E-state index contributed by atoms with van der Waals surface area (Å²) in [6.07, 6.45) is 0. The lowest BCUT2D eigenvalue weighted by atomic mass is 10.3. The largest absolute Gasteiger partial charge is 0.468 e. The molecule has 1 amide bonds. The topological polar surface area (TPSA) is 60.7 Å². The summed E-state index contributed by atoms with van der Waals surface area (Å²) < 4.78 is 7.64. The van der Waals surface area contributed by atoms with Crippen LogP contribution in [0.4, 0.5) is 0 Å². The van der Waals surface area contributed by atoms with Crippen molar-refractivity contribution >= 4 is 68.0 Å². The number of esters is 1. The van der Waals surface area contributed by atoms with Gasteiger partial charge in [-0.3, -0.25) is 9.59 Å². The second kappa shape index (κ2) is 7.06. The quantitative estimate of drug-likeness (QED) is 0.624. The van der Waals surface area contributed by atoms with Gasteiger partial charge >= 0.3 is 5.97 Å². The molecule has 3 aromatic rings. The van der Waals surface area contributed by atoms with Gasteiger partial charge in [0.2, 0.25) is 0 Å². The fraction of sp³-hybridized carbons (Fsp3) is 0.133. The van der Waals surface area contributed by atoms with E-state index in [0.717, 1.165) is 16.0 Å². The highest BCUT2D eigenvalue weighted by molar-refractivity contribution is 7.18. The maximum absolute atomic E-state index is 12.3. The van der Waals surface area contributed by atoms with Crippen molar-refractivity contribution in [3.05, 3.63) is 49.4 Å². The van der Waals surface area contributed by atoms with Crippen LogP contribution < -0.4 is 4.80 Å². The number of ether oxygens (including phenoxy) is 1. The summed E-state index contributed by atoms with van der Waals surface area (Å²) in [5.41, 5.74) is 0.644. The van der Waals surface area contributed by atoms with Gasteiger partial charge in [-0.05, 0) is 24.3 Å². The molecule has 0 unspecified atom stereocenters. The smallest absolute Gasteiger partial charge is 0.325 e. The number of methoxy groups -OCH3 is 1. The number of thiazole rings is 1. The van der Waals surface area contributed by atoms with Gasteiger partial charge in [-0.1, -0.05) is 40.6 Å². The molecule has 124 valence electrons. The highest BCUT2D eigenvalue weighted by atomic mass is 35.5. The molecular formula is C15H10Cl2N2O3S2. The summed E-state index contributed by atoms with van der Waals surface area (Å²) in [6, 6.07) is 8.62. The number of benzene rings is 1. The number of carbonyl (C=O) groups excluding carboxylic acids is 2. The van der Waals surface area contributed by atoms with Gasteiger partial charge in [0.05, 0.1) is 31.6 Å². The average molecular weight is 401 g/mol. The second-order valence-corrected chi connectivity index (χ2v) is 7.79. The van der Waals surface area contributed by atoms with Gasteiger partial charge < -0.3 is 9.30 Å². The van der Waals surface area contributed by atoms with E-state index in [1.54, 1.807) is 28.8 Å². The Morgan fingerprint density at radius 2 is 2.00 bits per heavy atom. The van der Waals surface area contributed by atoms with Crippen molar-refractivity contribution in [1.82, 2.24) is 4.57 Å². The Bertz CT molecular complexity index is 1000. The van der Waals surface area contributed by atoms with Crippen molar-refractivity contribution in [3.63, 3.8) is 0 Å². The SMILES string of the molecule is COC(=O)Cn1c(=NC(=O)c2ccc(Cl)s2)sc2cccc(Cl)c21. The third-order valence-electron chi connectivity index (χ3n) is 3.15. The first-order valence-corrected chi connectivity index (χ1v) is 9.07. The first kappa shape index (κ1) is 17.2. The van der Waals surface area contributed by atoms with E-state index >= 15 is 0 Å². The van der Waals surface area contributed by atoms with Gasteiger partial charge in [-0.2, -0.15) is 4.99 Å². The number of amides is 1. The maximum Gasteiger partial charge on any atom is 0.325 e. The van der Waals surface area contributed by atoms with E-state index in [1.807, 2.05) is 6.07 Å². The summed E-state index contributed by atoms with van der Waals surface area (Å²) in [4.78, 5) is 29.0. The van der Waals surface area contributed by atoms with Gasteiger partial charge in [-0.15, -0.1) is 11.3 Å². The number of hydrogen-bond donors (Lipinski definition) is 0. The van der Waals surface area contributed by atoms with Crippen LogP contribution >= 0.6 is 45.9 Å². The number of nitrogens with zero attached hydrogens (tertiary/aromatic N) is 2. The number of carbonyl (C=O) groups is 2. The van der Waals surface area contributed by atoms with Gasteiger partial charge in [0.1, 0.15) is 6.54 Å². The summed E-state index contributed by atoms with van der Waals surface area (Å²) >= 11 is 14.5. The molecular weight excluding hydrogens is 391 g/mol. The van der Waals surface area contributed by atoms with E-state index in [4.69, 9.17) is 27.9 Å². The lowest BCUT2D eigenvalue weighted by Gasteiger charge is -2.04. The van der Waals surface area contributed by atoms with E-state index in [0.29, 0.717) is 24.6 Å². The molecule has 9 heteroatoms. The average Bonchev–Trinajstić information content (AvgIpc) is 3.12. The Morgan fingerprint density at radius 3 is 2.67 bits per heavy atom. The number of thiophene rings is 1. The van der Waals surface area contributed by atoms with Crippen molar-refractivity contribution in [2.24, 2.45) is 4.99 Å². The second-order valence-electron chi connectivity index (χ2n) is 4.65. The van der Waals surface area contributed by atoms with Crippen LogP contribution in [0.3, 0.4) is 0 Å². The van der Waals surface area contributed by atoms with Crippen LogP contribution in [-0.4, -0.2) is 23.6 Å². The fourth-order valence-corrected chi connectivity index (χ4v) is 4.40. The van der Waals surface area contributed by atoms with E-state index in [9.17, 15) is 9.59 Å². The number of halogens is 2. The monoisotopic (exact) mass is 400 g/mol. The summed E-state index contributed by atoms with van der Waals surface area (Å²) in [5, 5.41) is 0.473. The predicted molar refractivity (Wildman–Crippen MR) is 96.1 cm³/mol. The molecule has 0 N–H and O–H groups in total. The minimum atomic E-state index is -0.456. The molecule has 0 saturated carbocycles. The first-order chi connectivity index (χ1) is 11.5. The number of hydrogen-bond acceptors (Lipinski definition) is 5. The van der Waals surface area contributed by atoms with Crippen molar-refractivity contribution < 1.29 is 14.3 Å². The number of rotatable bonds is 3. The summed E-state index contributed by atoms with van der Waals surface area (Å²) in [6.45, 7) is -0.0858. The van der Waals surface area contributed by atoms with E-state index in [2.05, 4.69) is 4.99 Å². The van der Waals surface area contributed by atoms with Crippen molar-refractivity contribution in [3.8, 4) is 0 Å². The highest BCUT2D eigenvalue weighted by Crippen LogP contribution is 2.26. The van der Waals surface area contributed by atoms with Crippen molar-refractivity contribution in [2.45, 2.75) is 6.54 Å². The Hall–Kier alpha value is -1.67. The summed E-state index contributed by atoms with van der Waals surface area (Å²) in [7, 11) is 1.30. The van der Waals surface area contributed by atoms with Crippen molar-refractivity contribution in [2.75, 3.05) is 7.11 Å². The molecule has 24 heavy (non-hydrogen) atoms. The Morgan fingerprint density at radius 1 is 1.21 bits per heavy atom. The maximum atomic E-state index is 12.3. The lowest BCUT2D eigenvalue weighted by molar-refractivity contribution is -0.141. The fourth-order valence-electron chi connectivity index (χ4n) is 2.08. The zero-order valence-corrected chi connectivity index (χ0v) is 15.4. The van der Waals surface area contributed by atoms with E-state index in [1.165, 1.54) is 18.4 Å². The number of para-hydroxylation sites is 1. The molecule has 5 nitrogen and oxygen atoms in total. The van der Waals surface area contributed by atoms with E-state index < -0.39 is 11.9 Å². The molecule has 1 aromatic carbocycles. The van der Waals surface area contributed by atoms with Crippen LogP contribution in [0.15, 0.2) is 35.3 Å². The molecule has 0 fully saturated rings. The van der Waals surface area contributed by atoms with Crippen LogP contribution in [0.5, 0.6) is 0 Å². The lowest BCUT2D eigenvalue weighted by Crippen LogP contribution is -2.22. The standard InChI is InChI=1S/C15H10Cl2N2O3S2/c1-22-12(20)7-19-13-8(16)3-2-4-9(13)24-15(19)18-14(21)10-5-6-11(17)23-10/h2-6H,7H2,1H3. The molecule has 3 rings (SSSR count). The van der Waals surface area contributed by atoms with Crippen molar-refractivity contribution in [1.29, 1.82) is 0 Å². The Kier molecular flexibility index (Phi) is 5.05. The zero-order chi connectivity index (χ0) is 17.3. The van der Waals surface area contributed by atoms with Crippen LogP contribution in [0, 0.1) is 0 Å². The predicted octanol–water partition coefficient (Wildman–Crippen LogP) is 3.99. The molecule has 0 spiro atoms.